The Morgan fingerprint density at radius 2 is 1.73 bits per heavy atom. The number of rotatable bonds is 4. The maximum absolute atomic E-state index is 13.2. The smallest absolute Gasteiger partial charge is 0.233 e. The Bertz CT molecular complexity index is 1090. The molecule has 2 aromatic rings. The molecule has 2 aromatic carbocycles. The SMILES string of the molecule is CN1CCc2ccc(S(N)(=O)=NC(O)Nc3c4c(cc5c3CCC5)CCC4)cc2C1. The average Bonchev–Trinajstić information content (AvgIpc) is 3.36. The fraction of sp³-hybridized carbons (Fsp3) is 0.478. The van der Waals surface area contributed by atoms with E-state index in [1.54, 1.807) is 6.07 Å². The Labute approximate surface area is 178 Å². The van der Waals surface area contributed by atoms with Crippen molar-refractivity contribution < 1.29 is 9.32 Å². The van der Waals surface area contributed by atoms with Crippen molar-refractivity contribution in [3.05, 3.63) is 57.6 Å². The van der Waals surface area contributed by atoms with Gasteiger partial charge >= 0.3 is 0 Å². The van der Waals surface area contributed by atoms with Gasteiger partial charge in [0, 0.05) is 18.8 Å². The van der Waals surface area contributed by atoms with E-state index in [9.17, 15) is 9.32 Å². The van der Waals surface area contributed by atoms with Gasteiger partial charge in [0.15, 0.2) is 0 Å². The molecule has 2 atom stereocenters. The highest BCUT2D eigenvalue weighted by Gasteiger charge is 2.25. The Kier molecular flexibility index (Phi) is 5.09. The van der Waals surface area contributed by atoms with E-state index in [2.05, 4.69) is 27.7 Å². The first-order valence-electron chi connectivity index (χ1n) is 10.9. The lowest BCUT2D eigenvalue weighted by Gasteiger charge is -2.25. The molecule has 0 spiro atoms. The van der Waals surface area contributed by atoms with Gasteiger partial charge in [-0.05, 0) is 97.5 Å². The minimum Gasteiger partial charge on any atom is -0.355 e. The zero-order valence-corrected chi connectivity index (χ0v) is 18.3. The second-order valence-electron chi connectivity index (χ2n) is 8.84. The molecule has 6 nitrogen and oxygen atoms in total. The number of hydrogen-bond acceptors (Lipinski definition) is 5. The van der Waals surface area contributed by atoms with Gasteiger partial charge in [-0.25, -0.2) is 9.35 Å². The van der Waals surface area contributed by atoms with Gasteiger partial charge in [-0.15, -0.1) is 0 Å². The highest BCUT2D eigenvalue weighted by molar-refractivity contribution is 7.91. The molecular weight excluding hydrogens is 396 g/mol. The fourth-order valence-corrected chi connectivity index (χ4v) is 6.26. The summed E-state index contributed by atoms with van der Waals surface area (Å²) in [6, 6.07) is 8.02. The summed E-state index contributed by atoms with van der Waals surface area (Å²) in [5.41, 5.74) is 8.71. The van der Waals surface area contributed by atoms with Crippen LogP contribution in [0.2, 0.25) is 0 Å². The van der Waals surface area contributed by atoms with E-state index in [-0.39, 0.29) is 0 Å². The Hall–Kier alpha value is -1.93. The summed E-state index contributed by atoms with van der Waals surface area (Å²) in [6.45, 7) is 1.82. The van der Waals surface area contributed by atoms with Crippen LogP contribution in [0, 0.1) is 0 Å². The van der Waals surface area contributed by atoms with E-state index in [4.69, 9.17) is 5.14 Å². The highest BCUT2D eigenvalue weighted by Crippen LogP contribution is 2.39. The number of nitrogens with zero attached hydrogens (tertiary/aromatic N) is 2. The first-order valence-corrected chi connectivity index (χ1v) is 12.4. The molecule has 30 heavy (non-hydrogen) atoms. The molecule has 0 fully saturated rings. The lowest BCUT2D eigenvalue weighted by atomic mass is 9.99. The molecule has 2 unspecified atom stereocenters. The number of likely N-dealkylation sites (N-methyl/N-ethyl adjacent to an activating group) is 1. The Balaban J connectivity index is 1.45. The number of hydrogen-bond donors (Lipinski definition) is 3. The van der Waals surface area contributed by atoms with E-state index in [1.165, 1.54) is 27.8 Å². The standard InChI is InChI=1S/C23H30N4O2S/c1-27-11-10-15-8-9-19(13-18(15)14-27)30(24,29)26-23(28)25-22-20-6-2-4-16(20)12-17-5-3-7-21(17)22/h8-9,12-13,23,25,28H,2-7,10-11,14H2,1H3,(H2,24,26,29). The summed E-state index contributed by atoms with van der Waals surface area (Å²) in [4.78, 5) is 2.70. The van der Waals surface area contributed by atoms with Crippen molar-refractivity contribution in [1.82, 2.24) is 4.90 Å². The van der Waals surface area contributed by atoms with Crippen molar-refractivity contribution in [2.24, 2.45) is 9.50 Å². The van der Waals surface area contributed by atoms with Crippen LogP contribution in [-0.2, 0) is 48.6 Å². The van der Waals surface area contributed by atoms with Crippen molar-refractivity contribution in [3.63, 3.8) is 0 Å². The zero-order chi connectivity index (χ0) is 20.9. The van der Waals surface area contributed by atoms with E-state index >= 15 is 0 Å². The van der Waals surface area contributed by atoms with Crippen LogP contribution < -0.4 is 10.5 Å². The molecule has 0 saturated carbocycles. The molecule has 0 radical (unpaired) electrons. The number of benzene rings is 2. The summed E-state index contributed by atoms with van der Waals surface area (Å²) in [5.74, 6) is 0. The van der Waals surface area contributed by atoms with Crippen LogP contribution in [0.4, 0.5) is 5.69 Å². The van der Waals surface area contributed by atoms with Crippen LogP contribution in [0.25, 0.3) is 0 Å². The summed E-state index contributed by atoms with van der Waals surface area (Å²) < 4.78 is 17.4. The second kappa shape index (κ2) is 7.64. The normalized spacial score (nSPS) is 20.8. The maximum atomic E-state index is 13.2. The second-order valence-corrected chi connectivity index (χ2v) is 10.7. The van der Waals surface area contributed by atoms with Crippen molar-refractivity contribution >= 4 is 15.6 Å². The predicted octanol–water partition coefficient (Wildman–Crippen LogP) is 2.74. The topological polar surface area (TPSA) is 91.0 Å². The van der Waals surface area contributed by atoms with Crippen LogP contribution in [0.3, 0.4) is 0 Å². The number of anilines is 1. The van der Waals surface area contributed by atoms with Crippen LogP contribution in [0.5, 0.6) is 0 Å². The molecule has 5 rings (SSSR count). The predicted molar refractivity (Wildman–Crippen MR) is 120 cm³/mol. The van der Waals surface area contributed by atoms with Crippen LogP contribution in [-0.4, -0.2) is 34.2 Å². The largest absolute Gasteiger partial charge is 0.355 e. The third kappa shape index (κ3) is 3.64. The number of aliphatic hydroxyl groups excluding tert-OH is 1. The van der Waals surface area contributed by atoms with Crippen molar-refractivity contribution in [3.8, 4) is 0 Å². The van der Waals surface area contributed by atoms with E-state index in [0.717, 1.165) is 69.3 Å². The molecule has 1 heterocycles. The van der Waals surface area contributed by atoms with Gasteiger partial charge in [0.25, 0.3) is 0 Å². The number of fused-ring (bicyclic) bond motifs is 3. The Morgan fingerprint density at radius 1 is 1.03 bits per heavy atom. The molecular formula is C23H30N4O2S. The minimum atomic E-state index is -3.21. The maximum Gasteiger partial charge on any atom is 0.233 e. The van der Waals surface area contributed by atoms with E-state index < -0.39 is 16.3 Å². The molecule has 160 valence electrons. The summed E-state index contributed by atoms with van der Waals surface area (Å²) in [6.07, 6.45) is 6.13. The van der Waals surface area contributed by atoms with E-state index in [0.29, 0.717) is 4.90 Å². The van der Waals surface area contributed by atoms with Gasteiger partial charge in [-0.3, -0.25) is 0 Å². The van der Waals surface area contributed by atoms with Crippen molar-refractivity contribution in [2.45, 2.75) is 62.7 Å². The number of nitrogens with two attached hydrogens (primary N) is 1. The average molecular weight is 427 g/mol. The van der Waals surface area contributed by atoms with Gasteiger partial charge in [0.1, 0.15) is 9.92 Å². The number of aliphatic hydroxyl groups is 1. The number of aryl methyl sites for hydroxylation is 2. The first kappa shape index (κ1) is 20.0. The zero-order valence-electron chi connectivity index (χ0n) is 17.5. The summed E-state index contributed by atoms with van der Waals surface area (Å²) in [5, 5.41) is 20.0. The van der Waals surface area contributed by atoms with Gasteiger partial charge in [-0.2, -0.15) is 4.36 Å². The lowest BCUT2D eigenvalue weighted by molar-refractivity contribution is 0.216. The quantitative estimate of drug-likeness (QED) is 0.656. The minimum absolute atomic E-state index is 0.473. The van der Waals surface area contributed by atoms with Crippen molar-refractivity contribution in [1.29, 1.82) is 0 Å². The molecule has 0 amide bonds. The number of nitrogens with one attached hydrogen (secondary N) is 1. The van der Waals surface area contributed by atoms with Gasteiger partial charge in [-0.1, -0.05) is 12.1 Å². The molecule has 7 heteroatoms. The third-order valence-corrected chi connectivity index (χ3v) is 8.16. The van der Waals surface area contributed by atoms with Gasteiger partial charge in [0.2, 0.25) is 6.35 Å². The Morgan fingerprint density at radius 3 is 2.43 bits per heavy atom. The fourth-order valence-electron chi connectivity index (χ4n) is 5.21. The first-order chi connectivity index (χ1) is 14.4. The van der Waals surface area contributed by atoms with Crippen LogP contribution >= 0.6 is 0 Å². The van der Waals surface area contributed by atoms with Gasteiger partial charge < -0.3 is 15.3 Å². The third-order valence-electron chi connectivity index (χ3n) is 6.72. The molecule has 4 N–H and O–H groups in total. The molecule has 0 saturated heterocycles. The van der Waals surface area contributed by atoms with E-state index in [1.807, 2.05) is 12.1 Å². The van der Waals surface area contributed by atoms with Crippen LogP contribution in [0.1, 0.15) is 46.2 Å². The molecule has 2 aliphatic carbocycles. The van der Waals surface area contributed by atoms with Gasteiger partial charge in [0.05, 0.1) is 4.90 Å². The molecule has 1 aliphatic heterocycles. The molecule has 0 bridgehead atoms. The molecule has 3 aliphatic rings. The summed E-state index contributed by atoms with van der Waals surface area (Å²) >= 11 is 0. The van der Waals surface area contributed by atoms with Crippen LogP contribution in [0.15, 0.2) is 33.5 Å². The molecule has 0 aromatic heterocycles. The summed E-state index contributed by atoms with van der Waals surface area (Å²) in [7, 11) is -1.14. The lowest BCUT2D eigenvalue weighted by Crippen LogP contribution is -2.27. The monoisotopic (exact) mass is 426 g/mol. The highest BCUT2D eigenvalue weighted by atomic mass is 32.2. The van der Waals surface area contributed by atoms with Crippen molar-refractivity contribution in [2.75, 3.05) is 18.9 Å².